The minimum atomic E-state index is -1.11. The summed E-state index contributed by atoms with van der Waals surface area (Å²) in [6, 6.07) is 7.04. The van der Waals surface area contributed by atoms with Gasteiger partial charge in [0.1, 0.15) is 5.60 Å². The van der Waals surface area contributed by atoms with E-state index in [1.165, 1.54) is 7.11 Å². The topological polar surface area (TPSA) is 67.8 Å². The Morgan fingerprint density at radius 3 is 2.62 bits per heavy atom. The third-order valence-corrected chi connectivity index (χ3v) is 3.13. The van der Waals surface area contributed by atoms with Gasteiger partial charge in [-0.05, 0) is 44.9 Å². The third kappa shape index (κ3) is 6.93. The van der Waals surface area contributed by atoms with Crippen molar-refractivity contribution < 1.29 is 19.4 Å². The Morgan fingerprint density at radius 2 is 2.10 bits per heavy atom. The molecule has 1 rings (SSSR count). The molecule has 0 bridgehead atoms. The van der Waals surface area contributed by atoms with E-state index in [-0.39, 0.29) is 0 Å². The molecule has 0 aliphatic rings. The molecule has 1 aromatic rings. The summed E-state index contributed by atoms with van der Waals surface area (Å²) >= 11 is 3.39. The van der Waals surface area contributed by atoms with Crippen molar-refractivity contribution in [2.45, 2.75) is 45.1 Å². The number of hydrogen-bond acceptors (Lipinski definition) is 4. The lowest BCUT2D eigenvalue weighted by Gasteiger charge is -2.26. The van der Waals surface area contributed by atoms with Crippen LogP contribution >= 0.6 is 15.9 Å². The Kier molecular flexibility index (Phi) is 6.64. The average molecular weight is 360 g/mol. The molecule has 118 valence electrons. The van der Waals surface area contributed by atoms with Gasteiger partial charge >= 0.3 is 6.09 Å². The summed E-state index contributed by atoms with van der Waals surface area (Å²) in [6.07, 6.45) is -1.27. The minimum Gasteiger partial charge on any atom is -0.444 e. The summed E-state index contributed by atoms with van der Waals surface area (Å²) in [6.45, 7) is 5.34. The molecule has 2 unspecified atom stereocenters. The second-order valence-corrected chi connectivity index (χ2v) is 6.63. The van der Waals surface area contributed by atoms with Gasteiger partial charge in [0.25, 0.3) is 0 Å². The lowest BCUT2D eigenvalue weighted by Crippen LogP contribution is -2.47. The van der Waals surface area contributed by atoms with Crippen LogP contribution in [0.5, 0.6) is 0 Å². The predicted molar refractivity (Wildman–Crippen MR) is 84.0 cm³/mol. The fourth-order valence-electron chi connectivity index (χ4n) is 1.76. The molecule has 0 aliphatic heterocycles. The molecule has 21 heavy (non-hydrogen) atoms. The van der Waals surface area contributed by atoms with Crippen LogP contribution < -0.4 is 5.32 Å². The van der Waals surface area contributed by atoms with Crippen molar-refractivity contribution >= 4 is 22.0 Å². The van der Waals surface area contributed by atoms with E-state index in [0.717, 1.165) is 10.0 Å². The first kappa shape index (κ1) is 17.9. The van der Waals surface area contributed by atoms with E-state index >= 15 is 0 Å². The van der Waals surface area contributed by atoms with Gasteiger partial charge in [0, 0.05) is 11.6 Å². The number of ether oxygens (including phenoxy) is 2. The van der Waals surface area contributed by atoms with Crippen LogP contribution in [0.15, 0.2) is 28.7 Å². The summed E-state index contributed by atoms with van der Waals surface area (Å²) in [5, 5.41) is 12.5. The molecule has 0 saturated heterocycles. The molecule has 0 saturated carbocycles. The molecule has 2 atom stereocenters. The number of carbonyl (C=O) groups excluding carboxylic acids is 1. The van der Waals surface area contributed by atoms with Gasteiger partial charge in [0.05, 0.1) is 6.04 Å². The number of amides is 1. The van der Waals surface area contributed by atoms with Crippen LogP contribution in [-0.4, -0.2) is 36.2 Å². The molecule has 1 amide bonds. The van der Waals surface area contributed by atoms with Crippen LogP contribution in [0.25, 0.3) is 0 Å². The summed E-state index contributed by atoms with van der Waals surface area (Å²) in [7, 11) is 1.38. The van der Waals surface area contributed by atoms with Crippen molar-refractivity contribution in [3.8, 4) is 0 Å². The number of carbonyl (C=O) groups is 1. The van der Waals surface area contributed by atoms with Crippen molar-refractivity contribution in [3.05, 3.63) is 34.3 Å². The molecule has 0 heterocycles. The lowest BCUT2D eigenvalue weighted by molar-refractivity contribution is -0.0968. The first-order valence-corrected chi connectivity index (χ1v) is 7.45. The van der Waals surface area contributed by atoms with Crippen LogP contribution in [0.4, 0.5) is 4.79 Å². The van der Waals surface area contributed by atoms with Crippen LogP contribution in [0.3, 0.4) is 0 Å². The highest BCUT2D eigenvalue weighted by molar-refractivity contribution is 9.10. The number of aliphatic hydroxyl groups is 1. The molecule has 1 aromatic carbocycles. The van der Waals surface area contributed by atoms with E-state index in [0.29, 0.717) is 6.42 Å². The maximum Gasteiger partial charge on any atom is 0.408 e. The van der Waals surface area contributed by atoms with Crippen LogP contribution in [0.1, 0.15) is 26.3 Å². The van der Waals surface area contributed by atoms with Gasteiger partial charge in [0.15, 0.2) is 6.29 Å². The Labute approximate surface area is 133 Å². The lowest BCUT2D eigenvalue weighted by atomic mass is 10.1. The van der Waals surface area contributed by atoms with Gasteiger partial charge in [-0.1, -0.05) is 28.1 Å². The molecular formula is C15H22BrNO4. The number of benzene rings is 1. The Bertz CT molecular complexity index is 473. The van der Waals surface area contributed by atoms with Crippen LogP contribution in [0.2, 0.25) is 0 Å². The normalized spacial score (nSPS) is 14.4. The standard InChI is InChI=1S/C15H22BrNO4/c1-15(2,3)21-14(19)17-12(13(18)20-4)9-10-6-5-7-11(16)8-10/h5-8,12-13,18H,9H2,1-4H3,(H,17,19). The first-order chi connectivity index (χ1) is 9.71. The SMILES string of the molecule is COC(O)C(Cc1cccc(Br)c1)NC(=O)OC(C)(C)C. The van der Waals surface area contributed by atoms with Crippen molar-refractivity contribution in [3.63, 3.8) is 0 Å². The van der Waals surface area contributed by atoms with Gasteiger partial charge in [-0.25, -0.2) is 4.79 Å². The minimum absolute atomic E-state index is 0.424. The predicted octanol–water partition coefficient (Wildman–Crippen LogP) is 2.85. The number of nitrogens with one attached hydrogen (secondary N) is 1. The first-order valence-electron chi connectivity index (χ1n) is 6.66. The van der Waals surface area contributed by atoms with Gasteiger partial charge in [-0.3, -0.25) is 0 Å². The maximum absolute atomic E-state index is 11.8. The summed E-state index contributed by atoms with van der Waals surface area (Å²) in [4.78, 5) is 11.8. The zero-order valence-corrected chi connectivity index (χ0v) is 14.3. The maximum atomic E-state index is 11.8. The molecular weight excluding hydrogens is 338 g/mol. The summed E-state index contributed by atoms with van der Waals surface area (Å²) < 4.78 is 11.1. The second kappa shape index (κ2) is 7.77. The van der Waals surface area contributed by atoms with E-state index in [1.54, 1.807) is 20.8 Å². The van der Waals surface area contributed by atoms with Gasteiger partial charge in [-0.2, -0.15) is 0 Å². The van der Waals surface area contributed by atoms with Crippen molar-refractivity contribution in [2.75, 3.05) is 7.11 Å². The monoisotopic (exact) mass is 359 g/mol. The number of alkyl carbamates (subject to hydrolysis) is 1. The van der Waals surface area contributed by atoms with E-state index in [4.69, 9.17) is 9.47 Å². The molecule has 0 aromatic heterocycles. The van der Waals surface area contributed by atoms with Gasteiger partial charge in [-0.15, -0.1) is 0 Å². The molecule has 2 N–H and O–H groups in total. The van der Waals surface area contributed by atoms with Crippen LogP contribution in [-0.2, 0) is 15.9 Å². The highest BCUT2D eigenvalue weighted by Gasteiger charge is 2.24. The molecule has 6 heteroatoms. The molecule has 0 fully saturated rings. The molecule has 5 nitrogen and oxygen atoms in total. The number of halogens is 1. The highest BCUT2D eigenvalue weighted by Crippen LogP contribution is 2.15. The Morgan fingerprint density at radius 1 is 1.43 bits per heavy atom. The fourth-order valence-corrected chi connectivity index (χ4v) is 2.21. The van der Waals surface area contributed by atoms with E-state index in [2.05, 4.69) is 21.2 Å². The van der Waals surface area contributed by atoms with E-state index in [1.807, 2.05) is 24.3 Å². The van der Waals surface area contributed by atoms with E-state index < -0.39 is 24.0 Å². The number of rotatable bonds is 5. The zero-order valence-electron chi connectivity index (χ0n) is 12.7. The quantitative estimate of drug-likeness (QED) is 0.793. The second-order valence-electron chi connectivity index (χ2n) is 5.71. The summed E-state index contributed by atoms with van der Waals surface area (Å²) in [5.74, 6) is 0. The number of hydrogen-bond donors (Lipinski definition) is 2. The average Bonchev–Trinajstić information content (AvgIpc) is 2.34. The zero-order chi connectivity index (χ0) is 16.0. The Hall–Kier alpha value is -1.11. The molecule has 0 spiro atoms. The summed E-state index contributed by atoms with van der Waals surface area (Å²) in [5.41, 5.74) is 0.365. The third-order valence-electron chi connectivity index (χ3n) is 2.63. The largest absolute Gasteiger partial charge is 0.444 e. The van der Waals surface area contributed by atoms with Crippen LogP contribution in [0, 0.1) is 0 Å². The highest BCUT2D eigenvalue weighted by atomic mass is 79.9. The van der Waals surface area contributed by atoms with Gasteiger partial charge in [0.2, 0.25) is 0 Å². The number of aliphatic hydroxyl groups excluding tert-OH is 1. The van der Waals surface area contributed by atoms with Crippen molar-refractivity contribution in [2.24, 2.45) is 0 Å². The van der Waals surface area contributed by atoms with Crippen molar-refractivity contribution in [1.29, 1.82) is 0 Å². The van der Waals surface area contributed by atoms with Gasteiger partial charge < -0.3 is 19.9 Å². The van der Waals surface area contributed by atoms with Crippen molar-refractivity contribution in [1.82, 2.24) is 5.32 Å². The number of methoxy groups -OCH3 is 1. The Balaban J connectivity index is 2.75. The van der Waals surface area contributed by atoms with E-state index in [9.17, 15) is 9.90 Å². The smallest absolute Gasteiger partial charge is 0.408 e. The molecule has 0 radical (unpaired) electrons. The fraction of sp³-hybridized carbons (Fsp3) is 0.533. The molecule has 0 aliphatic carbocycles.